The maximum absolute atomic E-state index is 12.8. The molecular formula is C38H41N7O5S. The molecule has 1 aliphatic rings. The van der Waals surface area contributed by atoms with Gasteiger partial charge in [-0.05, 0) is 70.8 Å². The van der Waals surface area contributed by atoms with Crippen molar-refractivity contribution in [3.05, 3.63) is 120 Å². The fourth-order valence-corrected chi connectivity index (χ4v) is 6.66. The molecule has 12 nitrogen and oxygen atoms in total. The van der Waals surface area contributed by atoms with Gasteiger partial charge in [-0.25, -0.2) is 0 Å². The third-order valence-electron chi connectivity index (χ3n) is 8.44. The largest absolute Gasteiger partial charge is 0.397 e. The van der Waals surface area contributed by atoms with E-state index >= 15 is 0 Å². The normalized spacial score (nSPS) is 17.2. The summed E-state index contributed by atoms with van der Waals surface area (Å²) in [6, 6.07) is 32.1. The van der Waals surface area contributed by atoms with Crippen LogP contribution >= 0.6 is 11.8 Å². The minimum atomic E-state index is -0.689. The third kappa shape index (κ3) is 10.0. The standard InChI is InChI=1S/C38H41N7O5S/c39-32-14-7-8-15-33(32)41-36(48)17-6-2-5-16-35(47)40-29-11-9-10-28(22-29)37-49-31(23-34(50-37)27-20-18-26(24-46)19-21-27)25-51-38-42-43-44-45(38)30-12-3-1-4-13-30/h1,3-4,7-15,18-22,31,34,37,46H,2,5-6,16-17,23-25,39H2,(H,40,47)(H,41,48)/t31-,34+,37+/m1/s1. The summed E-state index contributed by atoms with van der Waals surface area (Å²) in [6.07, 6.45) is 2.20. The van der Waals surface area contributed by atoms with Crippen molar-refractivity contribution in [2.45, 2.75) is 68.8 Å². The van der Waals surface area contributed by atoms with Gasteiger partial charge in [0.1, 0.15) is 0 Å². The van der Waals surface area contributed by atoms with Crippen LogP contribution in [0.2, 0.25) is 0 Å². The fourth-order valence-electron chi connectivity index (χ4n) is 5.75. The Bertz CT molecular complexity index is 1890. The van der Waals surface area contributed by atoms with Crippen LogP contribution in [-0.4, -0.2) is 49.0 Å². The van der Waals surface area contributed by atoms with Crippen molar-refractivity contribution in [1.29, 1.82) is 0 Å². The van der Waals surface area contributed by atoms with Crippen molar-refractivity contribution in [3.8, 4) is 5.69 Å². The molecule has 0 radical (unpaired) electrons. The number of aliphatic hydroxyl groups is 1. The first-order valence-corrected chi connectivity index (χ1v) is 17.9. The van der Waals surface area contributed by atoms with Crippen LogP contribution in [0.1, 0.15) is 67.6 Å². The molecule has 0 saturated carbocycles. The quantitative estimate of drug-likeness (QED) is 0.0529. The fraction of sp³-hybridized carbons (Fsp3) is 0.289. The van der Waals surface area contributed by atoms with Gasteiger partial charge in [0, 0.05) is 36.3 Å². The predicted octanol–water partition coefficient (Wildman–Crippen LogP) is 6.60. The number of benzene rings is 4. The summed E-state index contributed by atoms with van der Waals surface area (Å²) in [5.41, 5.74) is 11.1. The number of nitrogens with zero attached hydrogens (tertiary/aromatic N) is 4. The Balaban J connectivity index is 1.05. The van der Waals surface area contributed by atoms with E-state index in [1.165, 1.54) is 11.8 Å². The molecule has 0 bridgehead atoms. The number of ether oxygens (including phenoxy) is 2. The molecule has 5 N–H and O–H groups in total. The lowest BCUT2D eigenvalue weighted by atomic mass is 10.0. The maximum Gasteiger partial charge on any atom is 0.224 e. The van der Waals surface area contributed by atoms with Crippen LogP contribution in [0.4, 0.5) is 17.1 Å². The van der Waals surface area contributed by atoms with Crippen LogP contribution in [0.15, 0.2) is 108 Å². The zero-order chi connectivity index (χ0) is 35.4. The van der Waals surface area contributed by atoms with Crippen LogP contribution in [-0.2, 0) is 25.7 Å². The van der Waals surface area contributed by atoms with Gasteiger partial charge in [0.2, 0.25) is 17.0 Å². The number of anilines is 3. The molecule has 51 heavy (non-hydrogen) atoms. The highest BCUT2D eigenvalue weighted by Crippen LogP contribution is 2.40. The molecule has 2 heterocycles. The van der Waals surface area contributed by atoms with E-state index in [1.54, 1.807) is 16.8 Å². The number of nitrogens with one attached hydrogen (secondary N) is 2. The summed E-state index contributed by atoms with van der Waals surface area (Å²) in [5.74, 6) is 0.377. The van der Waals surface area contributed by atoms with Crippen molar-refractivity contribution < 1.29 is 24.2 Å². The number of nitrogens with two attached hydrogens (primary N) is 1. The molecule has 0 aliphatic carbocycles. The topological polar surface area (TPSA) is 167 Å². The summed E-state index contributed by atoms with van der Waals surface area (Å²) in [5, 5.41) is 28.3. The molecule has 1 saturated heterocycles. The molecule has 4 aromatic carbocycles. The number of para-hydroxylation sites is 3. The zero-order valence-electron chi connectivity index (χ0n) is 28.1. The van der Waals surface area contributed by atoms with Crippen molar-refractivity contribution in [1.82, 2.24) is 20.2 Å². The zero-order valence-corrected chi connectivity index (χ0v) is 28.9. The molecule has 3 atom stereocenters. The number of carbonyl (C=O) groups is 2. The van der Waals surface area contributed by atoms with Gasteiger partial charge in [-0.3, -0.25) is 9.59 Å². The van der Waals surface area contributed by atoms with E-state index in [2.05, 4.69) is 26.2 Å². The van der Waals surface area contributed by atoms with Gasteiger partial charge in [-0.1, -0.05) is 84.9 Å². The van der Waals surface area contributed by atoms with E-state index in [-0.39, 0.29) is 30.6 Å². The highest BCUT2D eigenvalue weighted by atomic mass is 32.2. The first-order chi connectivity index (χ1) is 24.9. The van der Waals surface area contributed by atoms with E-state index < -0.39 is 6.29 Å². The molecule has 0 spiro atoms. The molecule has 264 valence electrons. The average molecular weight is 708 g/mol. The smallest absolute Gasteiger partial charge is 0.224 e. The second-order valence-electron chi connectivity index (χ2n) is 12.2. The summed E-state index contributed by atoms with van der Waals surface area (Å²) < 4.78 is 14.7. The number of unbranched alkanes of at least 4 members (excludes halogenated alkanes) is 2. The van der Waals surface area contributed by atoms with Crippen LogP contribution < -0.4 is 16.4 Å². The van der Waals surface area contributed by atoms with Gasteiger partial charge in [0.25, 0.3) is 0 Å². The number of tetrazole rings is 1. The minimum absolute atomic E-state index is 0.0344. The Morgan fingerprint density at radius 3 is 2.35 bits per heavy atom. The van der Waals surface area contributed by atoms with E-state index in [4.69, 9.17) is 15.2 Å². The molecule has 5 aromatic rings. The molecule has 1 aromatic heterocycles. The molecule has 0 unspecified atom stereocenters. The van der Waals surface area contributed by atoms with E-state index in [0.717, 1.165) is 28.8 Å². The molecule has 1 aliphatic heterocycles. The number of nitrogen functional groups attached to an aromatic ring is 1. The summed E-state index contributed by atoms with van der Waals surface area (Å²) in [7, 11) is 0. The van der Waals surface area contributed by atoms with Crippen molar-refractivity contribution in [3.63, 3.8) is 0 Å². The SMILES string of the molecule is Nc1ccccc1NC(=O)CCCCCC(=O)Nc1cccc([C@H]2O[C@@H](CSc3nnnn3-c3ccccc3)C[C@@H](c3ccc(CO)cc3)O2)c1. The lowest BCUT2D eigenvalue weighted by Gasteiger charge is -2.36. The second kappa shape index (κ2) is 17.7. The van der Waals surface area contributed by atoms with Crippen LogP contribution in [0, 0.1) is 0 Å². The first kappa shape index (κ1) is 35.7. The Labute approximate surface area is 300 Å². The summed E-state index contributed by atoms with van der Waals surface area (Å²) in [4.78, 5) is 25.1. The van der Waals surface area contributed by atoms with E-state index in [9.17, 15) is 14.7 Å². The Hall–Kier alpha value is -5.08. The highest BCUT2D eigenvalue weighted by molar-refractivity contribution is 7.99. The van der Waals surface area contributed by atoms with Gasteiger partial charge in [0.05, 0.1) is 35.9 Å². The molecule has 1 fully saturated rings. The molecule has 13 heteroatoms. The van der Waals surface area contributed by atoms with Crippen molar-refractivity contribution in [2.24, 2.45) is 0 Å². The Morgan fingerprint density at radius 2 is 1.59 bits per heavy atom. The molecule has 6 rings (SSSR count). The number of amides is 2. The number of hydrogen-bond acceptors (Lipinski definition) is 10. The number of hydrogen-bond donors (Lipinski definition) is 4. The Morgan fingerprint density at radius 1 is 0.843 bits per heavy atom. The number of carbonyl (C=O) groups excluding carboxylic acids is 2. The van der Waals surface area contributed by atoms with E-state index in [0.29, 0.717) is 60.1 Å². The molecule has 2 amide bonds. The van der Waals surface area contributed by atoms with Gasteiger partial charge < -0.3 is 30.9 Å². The van der Waals surface area contributed by atoms with Gasteiger partial charge in [0.15, 0.2) is 6.29 Å². The van der Waals surface area contributed by atoms with Gasteiger partial charge in [-0.2, -0.15) is 4.68 Å². The third-order valence-corrected chi connectivity index (χ3v) is 9.49. The number of aromatic nitrogens is 4. The predicted molar refractivity (Wildman–Crippen MR) is 196 cm³/mol. The number of thioether (sulfide) groups is 1. The summed E-state index contributed by atoms with van der Waals surface area (Å²) in [6.45, 7) is -0.0344. The number of aliphatic hydroxyl groups excluding tert-OH is 1. The Kier molecular flexibility index (Phi) is 12.4. The van der Waals surface area contributed by atoms with Crippen LogP contribution in [0.5, 0.6) is 0 Å². The monoisotopic (exact) mass is 707 g/mol. The van der Waals surface area contributed by atoms with Crippen LogP contribution in [0.25, 0.3) is 5.69 Å². The second-order valence-corrected chi connectivity index (χ2v) is 13.2. The average Bonchev–Trinajstić information content (AvgIpc) is 3.64. The van der Waals surface area contributed by atoms with Gasteiger partial charge >= 0.3 is 0 Å². The number of rotatable bonds is 15. The summed E-state index contributed by atoms with van der Waals surface area (Å²) >= 11 is 1.51. The van der Waals surface area contributed by atoms with E-state index in [1.807, 2.05) is 91.0 Å². The van der Waals surface area contributed by atoms with Crippen molar-refractivity contribution >= 4 is 40.6 Å². The lowest BCUT2D eigenvalue weighted by Crippen LogP contribution is -2.31. The van der Waals surface area contributed by atoms with Crippen LogP contribution in [0.3, 0.4) is 0 Å². The lowest BCUT2D eigenvalue weighted by molar-refractivity contribution is -0.245. The highest BCUT2D eigenvalue weighted by Gasteiger charge is 2.33. The van der Waals surface area contributed by atoms with Crippen molar-refractivity contribution in [2.75, 3.05) is 22.1 Å². The van der Waals surface area contributed by atoms with Gasteiger partial charge in [-0.15, -0.1) is 5.10 Å². The maximum atomic E-state index is 12.8. The minimum Gasteiger partial charge on any atom is -0.397 e. The molecular weight excluding hydrogens is 667 g/mol. The first-order valence-electron chi connectivity index (χ1n) is 17.0.